The molecular weight excluding hydrogens is 180 g/mol. The van der Waals surface area contributed by atoms with Gasteiger partial charge in [0.2, 0.25) is 5.78 Å². The lowest BCUT2D eigenvalue weighted by Crippen LogP contribution is -2.27. The molecule has 0 aliphatic rings. The second-order valence-electron chi connectivity index (χ2n) is 3.10. The van der Waals surface area contributed by atoms with Gasteiger partial charge in [-0.1, -0.05) is 0 Å². The molecule has 2 aromatic heterocycles. The summed E-state index contributed by atoms with van der Waals surface area (Å²) in [6.07, 6.45) is 5.13. The minimum atomic E-state index is -0.528. The van der Waals surface area contributed by atoms with Gasteiger partial charge in [0.1, 0.15) is 5.69 Å². The summed E-state index contributed by atoms with van der Waals surface area (Å²) in [6.45, 7) is 1.64. The quantitative estimate of drug-likeness (QED) is 0.689. The largest absolute Gasteiger partial charge is 0.321 e. The average Bonchev–Trinajstić information content (AvgIpc) is 2.62. The lowest BCUT2D eigenvalue weighted by molar-refractivity contribution is 0.0963. The van der Waals surface area contributed by atoms with Crippen molar-refractivity contribution in [2.45, 2.75) is 13.0 Å². The number of aromatic nitrogens is 3. The maximum absolute atomic E-state index is 11.5. The number of fused-ring (bicyclic) bond motifs is 1. The molecule has 2 N–H and O–H groups in total. The molecule has 0 saturated carbocycles. The molecule has 0 saturated heterocycles. The normalized spacial score (nSPS) is 13.0. The molecule has 0 radical (unpaired) electrons. The van der Waals surface area contributed by atoms with E-state index in [1.165, 1.54) is 0 Å². The molecule has 5 nitrogen and oxygen atoms in total. The first kappa shape index (κ1) is 8.83. The first-order chi connectivity index (χ1) is 6.68. The van der Waals surface area contributed by atoms with Crippen molar-refractivity contribution in [2.75, 3.05) is 0 Å². The van der Waals surface area contributed by atoms with Crippen LogP contribution in [0.5, 0.6) is 0 Å². The van der Waals surface area contributed by atoms with Gasteiger partial charge in [-0.15, -0.1) is 0 Å². The van der Waals surface area contributed by atoms with E-state index < -0.39 is 6.04 Å². The van der Waals surface area contributed by atoms with Crippen LogP contribution >= 0.6 is 0 Å². The van der Waals surface area contributed by atoms with Crippen LogP contribution in [0.3, 0.4) is 0 Å². The van der Waals surface area contributed by atoms with E-state index in [1.54, 1.807) is 36.0 Å². The maximum atomic E-state index is 11.5. The Morgan fingerprint density at radius 1 is 1.57 bits per heavy atom. The van der Waals surface area contributed by atoms with Crippen molar-refractivity contribution < 1.29 is 4.79 Å². The predicted molar refractivity (Wildman–Crippen MR) is 51.0 cm³/mol. The van der Waals surface area contributed by atoms with Crippen LogP contribution in [0.2, 0.25) is 0 Å². The summed E-state index contributed by atoms with van der Waals surface area (Å²) in [5.74, 6) is 0.340. The number of ketones is 1. The van der Waals surface area contributed by atoms with Crippen molar-refractivity contribution >= 4 is 11.6 Å². The summed E-state index contributed by atoms with van der Waals surface area (Å²) in [5.41, 5.74) is 5.83. The Morgan fingerprint density at radius 3 is 3.07 bits per heavy atom. The Labute approximate surface area is 80.6 Å². The lowest BCUT2D eigenvalue weighted by atomic mass is 10.2. The van der Waals surface area contributed by atoms with Crippen molar-refractivity contribution in [3.05, 3.63) is 30.4 Å². The summed E-state index contributed by atoms with van der Waals surface area (Å²) in [5, 5.41) is 0. The Kier molecular flexibility index (Phi) is 2.01. The van der Waals surface area contributed by atoms with Crippen LogP contribution < -0.4 is 5.73 Å². The molecule has 2 heterocycles. The number of carbonyl (C=O) groups is 1. The fourth-order valence-corrected chi connectivity index (χ4v) is 1.17. The molecule has 14 heavy (non-hydrogen) atoms. The highest BCUT2D eigenvalue weighted by Crippen LogP contribution is 2.02. The smallest absolute Gasteiger partial charge is 0.234 e. The van der Waals surface area contributed by atoms with Crippen molar-refractivity contribution in [1.82, 2.24) is 14.4 Å². The van der Waals surface area contributed by atoms with E-state index in [4.69, 9.17) is 5.73 Å². The van der Waals surface area contributed by atoms with Gasteiger partial charge in [0.25, 0.3) is 0 Å². The number of carbonyl (C=O) groups excluding carboxylic acids is 1. The van der Waals surface area contributed by atoms with E-state index in [2.05, 4.69) is 9.97 Å². The standard InChI is InChI=1S/C9H10N4O/c1-6(10)8(14)7-2-4-13-5-3-11-9(13)12-7/h2-6H,10H2,1H3. The molecule has 5 heteroatoms. The highest BCUT2D eigenvalue weighted by molar-refractivity contribution is 5.98. The van der Waals surface area contributed by atoms with Gasteiger partial charge in [0.05, 0.1) is 6.04 Å². The second kappa shape index (κ2) is 3.19. The average molecular weight is 190 g/mol. The molecule has 0 spiro atoms. The van der Waals surface area contributed by atoms with Crippen LogP contribution in [-0.2, 0) is 0 Å². The number of imidazole rings is 1. The third-order valence-corrected chi connectivity index (χ3v) is 1.93. The first-order valence-corrected chi connectivity index (χ1v) is 4.28. The van der Waals surface area contributed by atoms with Gasteiger partial charge in [0, 0.05) is 18.6 Å². The van der Waals surface area contributed by atoms with Crippen molar-refractivity contribution in [3.63, 3.8) is 0 Å². The summed E-state index contributed by atoms with van der Waals surface area (Å²) in [4.78, 5) is 19.5. The SMILES string of the molecule is CC(N)C(=O)c1ccn2ccnc2n1. The Balaban J connectivity index is 2.48. The fraction of sp³-hybridized carbons (Fsp3) is 0.222. The number of hydrogen-bond acceptors (Lipinski definition) is 4. The lowest BCUT2D eigenvalue weighted by Gasteiger charge is -2.02. The van der Waals surface area contributed by atoms with Crippen molar-refractivity contribution in [3.8, 4) is 0 Å². The van der Waals surface area contributed by atoms with Gasteiger partial charge in [-0.3, -0.25) is 9.20 Å². The van der Waals surface area contributed by atoms with Crippen LogP contribution in [0.15, 0.2) is 24.7 Å². The van der Waals surface area contributed by atoms with E-state index in [9.17, 15) is 4.79 Å². The molecule has 0 amide bonds. The molecule has 0 aliphatic carbocycles. The number of nitrogens with two attached hydrogens (primary N) is 1. The van der Waals surface area contributed by atoms with E-state index in [0.29, 0.717) is 11.5 Å². The number of nitrogens with zero attached hydrogens (tertiary/aromatic N) is 3. The van der Waals surface area contributed by atoms with Crippen LogP contribution in [0.4, 0.5) is 0 Å². The summed E-state index contributed by atoms with van der Waals surface area (Å²) < 4.78 is 1.73. The second-order valence-corrected chi connectivity index (χ2v) is 3.10. The van der Waals surface area contributed by atoms with E-state index >= 15 is 0 Å². The fourth-order valence-electron chi connectivity index (χ4n) is 1.17. The Hall–Kier alpha value is -1.75. The van der Waals surface area contributed by atoms with E-state index in [1.807, 2.05) is 0 Å². The zero-order chi connectivity index (χ0) is 10.1. The van der Waals surface area contributed by atoms with Gasteiger partial charge >= 0.3 is 0 Å². The third kappa shape index (κ3) is 1.38. The summed E-state index contributed by atoms with van der Waals surface area (Å²) >= 11 is 0. The molecule has 0 aliphatic heterocycles. The van der Waals surface area contributed by atoms with Crippen LogP contribution in [0.25, 0.3) is 5.78 Å². The molecule has 0 bridgehead atoms. The topological polar surface area (TPSA) is 73.3 Å². The zero-order valence-electron chi connectivity index (χ0n) is 7.71. The minimum absolute atomic E-state index is 0.171. The highest BCUT2D eigenvalue weighted by atomic mass is 16.1. The molecule has 0 aromatic carbocycles. The van der Waals surface area contributed by atoms with Crippen molar-refractivity contribution in [2.24, 2.45) is 5.73 Å². The van der Waals surface area contributed by atoms with Crippen molar-refractivity contribution in [1.29, 1.82) is 0 Å². The van der Waals surface area contributed by atoms with E-state index in [0.717, 1.165) is 0 Å². The number of hydrogen-bond donors (Lipinski definition) is 1. The van der Waals surface area contributed by atoms with Gasteiger partial charge in [-0.25, -0.2) is 9.97 Å². The molecule has 1 unspecified atom stereocenters. The Morgan fingerprint density at radius 2 is 2.36 bits per heavy atom. The van der Waals surface area contributed by atoms with E-state index in [-0.39, 0.29) is 5.78 Å². The van der Waals surface area contributed by atoms with Gasteiger partial charge in [-0.05, 0) is 13.0 Å². The molecular formula is C9H10N4O. The molecule has 0 fully saturated rings. The summed E-state index contributed by atoms with van der Waals surface area (Å²) in [7, 11) is 0. The number of Topliss-reactive ketones (excluding diaryl/α,β-unsaturated/α-hetero) is 1. The van der Waals surface area contributed by atoms with Crippen LogP contribution in [0, 0.1) is 0 Å². The van der Waals surface area contributed by atoms with Crippen LogP contribution in [-0.4, -0.2) is 26.2 Å². The first-order valence-electron chi connectivity index (χ1n) is 4.28. The third-order valence-electron chi connectivity index (χ3n) is 1.93. The van der Waals surface area contributed by atoms with Gasteiger partial charge < -0.3 is 5.73 Å². The van der Waals surface area contributed by atoms with Crippen LogP contribution in [0.1, 0.15) is 17.4 Å². The number of rotatable bonds is 2. The monoisotopic (exact) mass is 190 g/mol. The summed E-state index contributed by atoms with van der Waals surface area (Å²) in [6, 6.07) is 1.11. The molecule has 2 rings (SSSR count). The molecule has 72 valence electrons. The minimum Gasteiger partial charge on any atom is -0.321 e. The highest BCUT2D eigenvalue weighted by Gasteiger charge is 2.12. The molecule has 2 aromatic rings. The zero-order valence-corrected chi connectivity index (χ0v) is 7.71. The molecule has 1 atom stereocenters. The Bertz CT molecular complexity index is 474. The predicted octanol–water partition coefficient (Wildman–Crippen LogP) is 0.259. The maximum Gasteiger partial charge on any atom is 0.234 e. The van der Waals surface area contributed by atoms with Gasteiger partial charge in [-0.2, -0.15) is 0 Å². The van der Waals surface area contributed by atoms with Gasteiger partial charge in [0.15, 0.2) is 5.78 Å².